The molecule has 2 aromatic heterocycles. The molecule has 3 rings (SSSR count). The highest BCUT2D eigenvalue weighted by molar-refractivity contribution is 6.02. The van der Waals surface area contributed by atoms with Crippen molar-refractivity contribution in [1.29, 1.82) is 0 Å². The predicted molar refractivity (Wildman–Crippen MR) is 111 cm³/mol. The van der Waals surface area contributed by atoms with Gasteiger partial charge in [-0.2, -0.15) is 0 Å². The standard InChI is InChI=1S/C21H25N5O2/c1-5-26(6-2)17-8-10-18(14(3)11-17)23-16-7-9-19(22-13-16)21(27)24-20-12-15(4)28-25-20/h7-13,23H,5-6H2,1-4H3,(H,24,25,27). The largest absolute Gasteiger partial charge is 0.372 e. The third kappa shape index (κ3) is 4.49. The predicted octanol–water partition coefficient (Wildman–Crippen LogP) is 4.53. The molecule has 7 nitrogen and oxygen atoms in total. The molecule has 0 fully saturated rings. The first-order valence-corrected chi connectivity index (χ1v) is 9.33. The van der Waals surface area contributed by atoms with E-state index >= 15 is 0 Å². The van der Waals surface area contributed by atoms with Gasteiger partial charge >= 0.3 is 0 Å². The van der Waals surface area contributed by atoms with E-state index in [-0.39, 0.29) is 5.91 Å². The summed E-state index contributed by atoms with van der Waals surface area (Å²) in [5.74, 6) is 0.667. The van der Waals surface area contributed by atoms with Gasteiger partial charge in [0.05, 0.1) is 11.9 Å². The molecule has 2 N–H and O–H groups in total. The average Bonchev–Trinajstić information content (AvgIpc) is 3.10. The first kappa shape index (κ1) is 19.4. The van der Waals surface area contributed by atoms with Gasteiger partial charge in [-0.25, -0.2) is 4.98 Å². The van der Waals surface area contributed by atoms with E-state index < -0.39 is 0 Å². The second kappa shape index (κ2) is 8.56. The molecular weight excluding hydrogens is 354 g/mol. The minimum Gasteiger partial charge on any atom is -0.372 e. The lowest BCUT2D eigenvalue weighted by atomic mass is 10.1. The van der Waals surface area contributed by atoms with Crippen LogP contribution < -0.4 is 15.5 Å². The summed E-state index contributed by atoms with van der Waals surface area (Å²) in [6, 6.07) is 11.5. The molecule has 0 aliphatic rings. The fourth-order valence-electron chi connectivity index (χ4n) is 2.94. The highest BCUT2D eigenvalue weighted by Gasteiger charge is 2.11. The molecule has 0 bridgehead atoms. The van der Waals surface area contributed by atoms with Crippen LogP contribution >= 0.6 is 0 Å². The molecule has 0 atom stereocenters. The minimum atomic E-state index is -0.334. The summed E-state index contributed by atoms with van der Waals surface area (Å²) in [6.07, 6.45) is 1.64. The van der Waals surface area contributed by atoms with Gasteiger partial charge in [0.2, 0.25) is 0 Å². The van der Waals surface area contributed by atoms with Crippen LogP contribution in [0, 0.1) is 13.8 Å². The number of amides is 1. The number of anilines is 4. The molecule has 7 heteroatoms. The van der Waals surface area contributed by atoms with E-state index in [9.17, 15) is 4.79 Å². The minimum absolute atomic E-state index is 0.305. The summed E-state index contributed by atoms with van der Waals surface area (Å²) >= 11 is 0. The zero-order chi connectivity index (χ0) is 20.1. The van der Waals surface area contributed by atoms with Crippen LogP contribution in [0.25, 0.3) is 0 Å². The molecule has 1 amide bonds. The first-order chi connectivity index (χ1) is 13.5. The molecule has 0 radical (unpaired) electrons. The van der Waals surface area contributed by atoms with Crippen LogP contribution in [0.4, 0.5) is 22.9 Å². The number of hydrogen-bond donors (Lipinski definition) is 2. The van der Waals surface area contributed by atoms with E-state index in [4.69, 9.17) is 4.52 Å². The number of aryl methyl sites for hydroxylation is 2. The quantitative estimate of drug-likeness (QED) is 0.628. The van der Waals surface area contributed by atoms with Crippen molar-refractivity contribution in [3.63, 3.8) is 0 Å². The maximum atomic E-state index is 12.2. The van der Waals surface area contributed by atoms with Gasteiger partial charge in [0.25, 0.3) is 5.91 Å². The van der Waals surface area contributed by atoms with Crippen molar-refractivity contribution in [1.82, 2.24) is 10.1 Å². The maximum Gasteiger partial charge on any atom is 0.275 e. The Balaban J connectivity index is 1.68. The highest BCUT2D eigenvalue weighted by Crippen LogP contribution is 2.25. The first-order valence-electron chi connectivity index (χ1n) is 9.33. The van der Waals surface area contributed by atoms with Crippen LogP contribution in [0.5, 0.6) is 0 Å². The Morgan fingerprint density at radius 2 is 1.89 bits per heavy atom. The van der Waals surface area contributed by atoms with Gasteiger partial charge in [-0.1, -0.05) is 5.16 Å². The van der Waals surface area contributed by atoms with Crippen molar-refractivity contribution >= 4 is 28.8 Å². The van der Waals surface area contributed by atoms with Gasteiger partial charge in [0, 0.05) is 30.5 Å². The molecule has 1 aromatic carbocycles. The zero-order valence-electron chi connectivity index (χ0n) is 16.6. The van der Waals surface area contributed by atoms with E-state index in [2.05, 4.69) is 64.6 Å². The van der Waals surface area contributed by atoms with Crippen molar-refractivity contribution < 1.29 is 9.32 Å². The SMILES string of the molecule is CCN(CC)c1ccc(Nc2ccc(C(=O)Nc3cc(C)on3)nc2)c(C)c1. The fourth-order valence-corrected chi connectivity index (χ4v) is 2.94. The monoisotopic (exact) mass is 379 g/mol. The molecule has 2 heterocycles. The number of hydrogen-bond acceptors (Lipinski definition) is 6. The fraction of sp³-hybridized carbons (Fsp3) is 0.286. The van der Waals surface area contributed by atoms with Crippen LogP contribution in [0.3, 0.4) is 0 Å². The number of rotatable bonds is 7. The summed E-state index contributed by atoms with van der Waals surface area (Å²) in [7, 11) is 0. The molecular formula is C21H25N5O2. The third-order valence-corrected chi connectivity index (χ3v) is 4.48. The van der Waals surface area contributed by atoms with E-state index in [0.29, 0.717) is 17.3 Å². The third-order valence-electron chi connectivity index (χ3n) is 4.48. The van der Waals surface area contributed by atoms with E-state index in [1.165, 1.54) is 5.69 Å². The summed E-state index contributed by atoms with van der Waals surface area (Å²) in [6.45, 7) is 10.1. The van der Waals surface area contributed by atoms with Crippen molar-refractivity contribution in [2.24, 2.45) is 0 Å². The number of nitrogens with one attached hydrogen (secondary N) is 2. The summed E-state index contributed by atoms with van der Waals surface area (Å²) < 4.78 is 4.94. The molecule has 28 heavy (non-hydrogen) atoms. The Bertz CT molecular complexity index is 946. The number of aromatic nitrogens is 2. The smallest absolute Gasteiger partial charge is 0.275 e. The lowest BCUT2D eigenvalue weighted by Gasteiger charge is -2.22. The Kier molecular flexibility index (Phi) is 5.93. The van der Waals surface area contributed by atoms with E-state index in [0.717, 1.165) is 30.0 Å². The number of carbonyl (C=O) groups excluding carboxylic acids is 1. The lowest BCUT2D eigenvalue weighted by Crippen LogP contribution is -2.21. The Hall–Kier alpha value is -3.35. The Labute approximate surface area is 164 Å². The summed E-state index contributed by atoms with van der Waals surface area (Å²) in [4.78, 5) is 18.8. The van der Waals surface area contributed by atoms with Crippen LogP contribution in [0.2, 0.25) is 0 Å². The molecule has 0 aliphatic heterocycles. The molecule has 0 saturated heterocycles. The molecule has 3 aromatic rings. The lowest BCUT2D eigenvalue weighted by molar-refractivity contribution is 0.102. The average molecular weight is 379 g/mol. The van der Waals surface area contributed by atoms with Gasteiger partial charge in [-0.15, -0.1) is 0 Å². The summed E-state index contributed by atoms with van der Waals surface area (Å²) in [5.41, 5.74) is 4.48. The van der Waals surface area contributed by atoms with Crippen molar-refractivity contribution in [3.8, 4) is 0 Å². The summed E-state index contributed by atoms with van der Waals surface area (Å²) in [5, 5.41) is 9.75. The molecule has 0 spiro atoms. The van der Waals surface area contributed by atoms with E-state index in [1.54, 1.807) is 25.3 Å². The van der Waals surface area contributed by atoms with Crippen molar-refractivity contribution in [2.45, 2.75) is 27.7 Å². The number of nitrogens with zero attached hydrogens (tertiary/aromatic N) is 3. The zero-order valence-corrected chi connectivity index (χ0v) is 16.6. The van der Waals surface area contributed by atoms with Gasteiger partial charge in [0.15, 0.2) is 5.82 Å². The van der Waals surface area contributed by atoms with Crippen LogP contribution in [-0.4, -0.2) is 29.1 Å². The highest BCUT2D eigenvalue weighted by atomic mass is 16.5. The number of pyridine rings is 1. The van der Waals surface area contributed by atoms with Gasteiger partial charge < -0.3 is 20.1 Å². The van der Waals surface area contributed by atoms with Crippen LogP contribution in [-0.2, 0) is 0 Å². The number of benzene rings is 1. The Morgan fingerprint density at radius 3 is 2.46 bits per heavy atom. The molecule has 0 saturated carbocycles. The molecule has 0 aliphatic carbocycles. The van der Waals surface area contributed by atoms with Crippen LogP contribution in [0.15, 0.2) is 47.1 Å². The van der Waals surface area contributed by atoms with Gasteiger partial charge in [0.1, 0.15) is 11.5 Å². The van der Waals surface area contributed by atoms with E-state index in [1.807, 2.05) is 6.07 Å². The second-order valence-electron chi connectivity index (χ2n) is 6.51. The topological polar surface area (TPSA) is 83.3 Å². The van der Waals surface area contributed by atoms with Crippen molar-refractivity contribution in [3.05, 3.63) is 59.6 Å². The maximum absolute atomic E-state index is 12.2. The van der Waals surface area contributed by atoms with Gasteiger partial charge in [-0.3, -0.25) is 4.79 Å². The Morgan fingerprint density at radius 1 is 1.11 bits per heavy atom. The molecule has 0 unspecified atom stereocenters. The second-order valence-corrected chi connectivity index (χ2v) is 6.51. The van der Waals surface area contributed by atoms with Gasteiger partial charge in [-0.05, 0) is 63.6 Å². The number of carbonyl (C=O) groups is 1. The molecule has 146 valence electrons. The van der Waals surface area contributed by atoms with Crippen molar-refractivity contribution in [2.75, 3.05) is 28.6 Å². The van der Waals surface area contributed by atoms with Crippen LogP contribution in [0.1, 0.15) is 35.7 Å². The normalized spacial score (nSPS) is 10.6.